The minimum Gasteiger partial charge on any atom is -0.330 e. The van der Waals surface area contributed by atoms with E-state index >= 15 is 0 Å². The fraction of sp³-hybridized carbons (Fsp3) is 0.455. The largest absolute Gasteiger partial charge is 0.330 e. The van der Waals surface area contributed by atoms with Gasteiger partial charge in [-0.05, 0) is 55.6 Å². The summed E-state index contributed by atoms with van der Waals surface area (Å²) in [6, 6.07) is 4.89. The van der Waals surface area contributed by atoms with Crippen molar-refractivity contribution in [2.75, 3.05) is 13.1 Å². The Kier molecular flexibility index (Phi) is 4.56. The zero-order valence-corrected chi connectivity index (χ0v) is 8.30. The Morgan fingerprint density at radius 1 is 1.00 bits per heavy atom. The predicted octanol–water partition coefficient (Wildman–Crippen LogP) is 1.22. The van der Waals surface area contributed by atoms with E-state index < -0.39 is 0 Å². The summed E-state index contributed by atoms with van der Waals surface area (Å²) in [6.07, 6.45) is 2.58. The zero-order valence-electron chi connectivity index (χ0n) is 8.30. The minimum absolute atomic E-state index is 0.190. The van der Waals surface area contributed by atoms with E-state index in [0.717, 1.165) is 24.8 Å². The first-order valence-electron chi connectivity index (χ1n) is 4.95. The van der Waals surface area contributed by atoms with Crippen LogP contribution in [0.5, 0.6) is 0 Å². The molecule has 0 bridgehead atoms. The van der Waals surface area contributed by atoms with Gasteiger partial charge in [0.05, 0.1) is 0 Å². The number of benzene rings is 1. The molecule has 0 aliphatic heterocycles. The van der Waals surface area contributed by atoms with Crippen LogP contribution in [0.2, 0.25) is 0 Å². The highest BCUT2D eigenvalue weighted by Gasteiger charge is 2.02. The standard InChI is InChI=1S/C11H17FN2/c12-11-4-3-9(2-1-6-13)10(8-11)5-7-14/h3-4,8H,1-2,5-7,13-14H2. The van der Waals surface area contributed by atoms with E-state index in [9.17, 15) is 4.39 Å². The van der Waals surface area contributed by atoms with Gasteiger partial charge in [-0.25, -0.2) is 4.39 Å². The van der Waals surface area contributed by atoms with Crippen LogP contribution in [-0.2, 0) is 12.8 Å². The van der Waals surface area contributed by atoms with Crippen molar-refractivity contribution in [1.82, 2.24) is 0 Å². The van der Waals surface area contributed by atoms with Gasteiger partial charge in [0.15, 0.2) is 0 Å². The molecule has 0 aromatic heterocycles. The molecule has 4 N–H and O–H groups in total. The van der Waals surface area contributed by atoms with Gasteiger partial charge in [-0.15, -0.1) is 0 Å². The van der Waals surface area contributed by atoms with Gasteiger partial charge in [-0.1, -0.05) is 6.07 Å². The van der Waals surface area contributed by atoms with Crippen LogP contribution >= 0.6 is 0 Å². The summed E-state index contributed by atoms with van der Waals surface area (Å²) < 4.78 is 12.9. The van der Waals surface area contributed by atoms with Gasteiger partial charge in [0.25, 0.3) is 0 Å². The molecule has 1 rings (SSSR count). The molecular weight excluding hydrogens is 179 g/mol. The van der Waals surface area contributed by atoms with Crippen molar-refractivity contribution < 1.29 is 4.39 Å². The third-order valence-corrected chi connectivity index (χ3v) is 2.23. The molecule has 1 aromatic rings. The summed E-state index contributed by atoms with van der Waals surface area (Å²) in [5.74, 6) is -0.190. The Bertz CT molecular complexity index is 287. The smallest absolute Gasteiger partial charge is 0.123 e. The van der Waals surface area contributed by atoms with Gasteiger partial charge >= 0.3 is 0 Å². The average molecular weight is 196 g/mol. The summed E-state index contributed by atoms with van der Waals surface area (Å²) in [5, 5.41) is 0. The molecule has 14 heavy (non-hydrogen) atoms. The quantitative estimate of drug-likeness (QED) is 0.744. The van der Waals surface area contributed by atoms with Gasteiger partial charge in [0.1, 0.15) is 5.82 Å². The molecule has 0 saturated carbocycles. The van der Waals surface area contributed by atoms with Crippen molar-refractivity contribution in [3.63, 3.8) is 0 Å². The van der Waals surface area contributed by atoms with E-state index in [0.29, 0.717) is 13.1 Å². The highest BCUT2D eigenvalue weighted by molar-refractivity contribution is 5.28. The molecule has 3 heteroatoms. The normalized spacial score (nSPS) is 10.5. The van der Waals surface area contributed by atoms with Crippen LogP contribution in [0, 0.1) is 5.82 Å². The molecule has 0 spiro atoms. The van der Waals surface area contributed by atoms with Crippen LogP contribution in [-0.4, -0.2) is 13.1 Å². The van der Waals surface area contributed by atoms with Gasteiger partial charge in [-0.3, -0.25) is 0 Å². The highest BCUT2D eigenvalue weighted by Crippen LogP contribution is 2.13. The number of rotatable bonds is 5. The molecule has 78 valence electrons. The molecule has 0 amide bonds. The third-order valence-electron chi connectivity index (χ3n) is 2.23. The number of hydrogen-bond donors (Lipinski definition) is 2. The van der Waals surface area contributed by atoms with Gasteiger partial charge in [0.2, 0.25) is 0 Å². The van der Waals surface area contributed by atoms with E-state index in [-0.39, 0.29) is 5.82 Å². The Balaban J connectivity index is 2.78. The van der Waals surface area contributed by atoms with Gasteiger partial charge < -0.3 is 11.5 Å². The lowest BCUT2D eigenvalue weighted by molar-refractivity contribution is 0.623. The molecule has 0 aliphatic carbocycles. The van der Waals surface area contributed by atoms with Crippen LogP contribution in [0.15, 0.2) is 18.2 Å². The molecular formula is C11H17FN2. The van der Waals surface area contributed by atoms with Crippen molar-refractivity contribution in [1.29, 1.82) is 0 Å². The first kappa shape index (κ1) is 11.1. The van der Waals surface area contributed by atoms with Crippen molar-refractivity contribution >= 4 is 0 Å². The average Bonchev–Trinajstić information content (AvgIpc) is 2.17. The number of nitrogens with two attached hydrogens (primary N) is 2. The topological polar surface area (TPSA) is 52.0 Å². The highest BCUT2D eigenvalue weighted by atomic mass is 19.1. The second-order valence-corrected chi connectivity index (χ2v) is 3.34. The molecule has 0 heterocycles. The number of halogens is 1. The SMILES string of the molecule is NCCCc1ccc(F)cc1CCN. The van der Waals surface area contributed by atoms with Crippen LogP contribution in [0.4, 0.5) is 4.39 Å². The van der Waals surface area contributed by atoms with E-state index in [4.69, 9.17) is 11.5 Å². The molecule has 0 atom stereocenters. The molecule has 2 nitrogen and oxygen atoms in total. The third kappa shape index (κ3) is 3.09. The molecule has 0 unspecified atom stereocenters. The molecule has 1 aromatic carbocycles. The lowest BCUT2D eigenvalue weighted by atomic mass is 10.0. The molecule has 0 saturated heterocycles. The van der Waals surface area contributed by atoms with Crippen molar-refractivity contribution in [2.24, 2.45) is 11.5 Å². The monoisotopic (exact) mass is 196 g/mol. The first-order chi connectivity index (χ1) is 6.77. The summed E-state index contributed by atoms with van der Waals surface area (Å²) in [5.41, 5.74) is 13.1. The second-order valence-electron chi connectivity index (χ2n) is 3.34. The van der Waals surface area contributed by atoms with E-state index in [1.54, 1.807) is 6.07 Å². The van der Waals surface area contributed by atoms with Crippen molar-refractivity contribution in [3.05, 3.63) is 35.1 Å². The van der Waals surface area contributed by atoms with E-state index in [1.807, 2.05) is 6.07 Å². The van der Waals surface area contributed by atoms with Crippen LogP contribution in [0.1, 0.15) is 17.5 Å². The number of aryl methyl sites for hydroxylation is 1. The maximum absolute atomic E-state index is 12.9. The Morgan fingerprint density at radius 3 is 2.43 bits per heavy atom. The molecule has 0 radical (unpaired) electrons. The van der Waals surface area contributed by atoms with Crippen LogP contribution in [0.3, 0.4) is 0 Å². The predicted molar refractivity (Wildman–Crippen MR) is 56.5 cm³/mol. The minimum atomic E-state index is -0.190. The lowest BCUT2D eigenvalue weighted by Crippen LogP contribution is -2.07. The maximum Gasteiger partial charge on any atom is 0.123 e. The summed E-state index contributed by atoms with van der Waals surface area (Å²) >= 11 is 0. The maximum atomic E-state index is 12.9. The van der Waals surface area contributed by atoms with Gasteiger partial charge in [-0.2, -0.15) is 0 Å². The summed E-state index contributed by atoms with van der Waals surface area (Å²) in [4.78, 5) is 0. The Morgan fingerprint density at radius 2 is 1.79 bits per heavy atom. The molecule has 0 aliphatic rings. The van der Waals surface area contributed by atoms with Crippen LogP contribution < -0.4 is 11.5 Å². The fourth-order valence-electron chi connectivity index (χ4n) is 1.52. The van der Waals surface area contributed by atoms with Crippen molar-refractivity contribution in [3.8, 4) is 0 Å². The lowest BCUT2D eigenvalue weighted by Gasteiger charge is -2.08. The summed E-state index contributed by atoms with van der Waals surface area (Å²) in [7, 11) is 0. The molecule has 0 fully saturated rings. The van der Waals surface area contributed by atoms with Crippen LogP contribution in [0.25, 0.3) is 0 Å². The van der Waals surface area contributed by atoms with Crippen molar-refractivity contribution in [2.45, 2.75) is 19.3 Å². The van der Waals surface area contributed by atoms with E-state index in [2.05, 4.69) is 0 Å². The Labute approximate surface area is 84.1 Å². The van der Waals surface area contributed by atoms with Gasteiger partial charge in [0, 0.05) is 0 Å². The second kappa shape index (κ2) is 5.73. The summed E-state index contributed by atoms with van der Waals surface area (Å²) in [6.45, 7) is 1.22. The Hall–Kier alpha value is -0.930. The fourth-order valence-corrected chi connectivity index (χ4v) is 1.52. The first-order valence-corrected chi connectivity index (χ1v) is 4.95. The number of hydrogen-bond acceptors (Lipinski definition) is 2. The zero-order chi connectivity index (χ0) is 10.4. The van der Waals surface area contributed by atoms with E-state index in [1.165, 1.54) is 11.6 Å².